The highest BCUT2D eigenvalue weighted by Gasteiger charge is 2.27. The lowest BCUT2D eigenvalue weighted by Gasteiger charge is -2.22. The molecule has 1 fully saturated rings. The lowest BCUT2D eigenvalue weighted by atomic mass is 10.1. The number of benzene rings is 1. The summed E-state index contributed by atoms with van der Waals surface area (Å²) in [7, 11) is 1.59. The van der Waals surface area contributed by atoms with Crippen molar-refractivity contribution in [2.24, 2.45) is 0 Å². The van der Waals surface area contributed by atoms with Gasteiger partial charge in [-0.15, -0.1) is 0 Å². The van der Waals surface area contributed by atoms with Gasteiger partial charge in [-0.2, -0.15) is 4.98 Å². The van der Waals surface area contributed by atoms with Gasteiger partial charge in [-0.25, -0.2) is 9.78 Å². The van der Waals surface area contributed by atoms with Crippen molar-refractivity contribution >= 4 is 33.6 Å². The van der Waals surface area contributed by atoms with Gasteiger partial charge in [-0.1, -0.05) is 0 Å². The van der Waals surface area contributed by atoms with E-state index in [9.17, 15) is 9.90 Å². The van der Waals surface area contributed by atoms with Crippen LogP contribution in [0.1, 0.15) is 32.8 Å². The molecule has 1 atom stereocenters. The zero-order valence-electron chi connectivity index (χ0n) is 19.1. The number of imidazole rings is 1. The first-order chi connectivity index (χ1) is 15.7. The Morgan fingerprint density at radius 2 is 2.12 bits per heavy atom. The molecule has 1 saturated heterocycles. The number of alkyl carbamates (subject to hydrolysis) is 1. The molecule has 2 aromatic heterocycles. The second kappa shape index (κ2) is 9.18. The fourth-order valence-corrected chi connectivity index (χ4v) is 4.36. The van der Waals surface area contributed by atoms with Crippen LogP contribution in [0.2, 0.25) is 0 Å². The minimum Gasteiger partial charge on any atom is -0.496 e. The van der Waals surface area contributed by atoms with Gasteiger partial charge in [0.1, 0.15) is 17.2 Å². The minimum absolute atomic E-state index is 0.00283. The first-order valence-corrected chi connectivity index (χ1v) is 11.5. The van der Waals surface area contributed by atoms with Gasteiger partial charge in [0.15, 0.2) is 0 Å². The van der Waals surface area contributed by atoms with E-state index in [1.54, 1.807) is 13.2 Å². The maximum Gasteiger partial charge on any atom is 0.407 e. The molecular formula is C23H28BrN5O4. The number of hydrogen-bond donors (Lipinski definition) is 2. The molecule has 4 rings (SSSR count). The standard InChI is InChI=1S/C23H28BrN5O4/c1-23(2,3)33-22(31)25-15-5-7-28(11-15)20-6-8-29-12-18(26-21(29)27-20)16-10-17(24)19(32-4)9-14(16)13-30/h6,8-10,12,15,30H,5,7,11,13H2,1-4H3,(H,25,31). The van der Waals surface area contributed by atoms with Crippen LogP contribution in [0.5, 0.6) is 5.75 Å². The van der Waals surface area contributed by atoms with Gasteiger partial charge in [0, 0.05) is 31.0 Å². The van der Waals surface area contributed by atoms with E-state index < -0.39 is 11.7 Å². The summed E-state index contributed by atoms with van der Waals surface area (Å²) in [6, 6.07) is 5.62. The summed E-state index contributed by atoms with van der Waals surface area (Å²) in [5.74, 6) is 2.00. The summed E-state index contributed by atoms with van der Waals surface area (Å²) in [6.07, 6.45) is 4.21. The molecular weight excluding hydrogens is 490 g/mol. The average Bonchev–Trinajstić information content (AvgIpc) is 3.38. The molecule has 9 nitrogen and oxygen atoms in total. The molecule has 176 valence electrons. The van der Waals surface area contributed by atoms with Crippen LogP contribution in [0.25, 0.3) is 17.0 Å². The molecule has 1 unspecified atom stereocenters. The van der Waals surface area contributed by atoms with Crippen molar-refractivity contribution in [1.29, 1.82) is 0 Å². The van der Waals surface area contributed by atoms with E-state index in [-0.39, 0.29) is 12.6 Å². The van der Waals surface area contributed by atoms with Gasteiger partial charge in [0.2, 0.25) is 5.78 Å². The number of amides is 1. The van der Waals surface area contributed by atoms with Crippen molar-refractivity contribution in [2.75, 3.05) is 25.1 Å². The number of halogens is 1. The summed E-state index contributed by atoms with van der Waals surface area (Å²) in [5.41, 5.74) is 1.70. The Bertz CT molecular complexity index is 1170. The van der Waals surface area contributed by atoms with E-state index in [0.717, 1.165) is 28.8 Å². The van der Waals surface area contributed by atoms with Crippen molar-refractivity contribution in [3.8, 4) is 17.0 Å². The third-order valence-electron chi connectivity index (χ3n) is 5.37. The Kier molecular flexibility index (Phi) is 6.49. The molecule has 0 radical (unpaired) electrons. The molecule has 2 N–H and O–H groups in total. The molecule has 1 aliphatic heterocycles. The number of ether oxygens (including phenoxy) is 2. The van der Waals surface area contributed by atoms with Crippen LogP contribution in [0, 0.1) is 0 Å². The second-order valence-corrected chi connectivity index (χ2v) is 9.85. The van der Waals surface area contributed by atoms with Crippen LogP contribution >= 0.6 is 15.9 Å². The van der Waals surface area contributed by atoms with Gasteiger partial charge in [-0.3, -0.25) is 4.40 Å². The lowest BCUT2D eigenvalue weighted by Crippen LogP contribution is -2.40. The summed E-state index contributed by atoms with van der Waals surface area (Å²) in [6.45, 7) is 6.83. The first-order valence-electron chi connectivity index (χ1n) is 10.7. The summed E-state index contributed by atoms with van der Waals surface area (Å²) >= 11 is 3.50. The van der Waals surface area contributed by atoms with Crippen LogP contribution in [-0.2, 0) is 11.3 Å². The average molecular weight is 518 g/mol. The highest BCUT2D eigenvalue weighted by atomic mass is 79.9. The van der Waals surface area contributed by atoms with E-state index in [1.165, 1.54) is 0 Å². The predicted octanol–water partition coefficient (Wildman–Crippen LogP) is 3.76. The monoisotopic (exact) mass is 517 g/mol. The number of rotatable bonds is 5. The number of anilines is 1. The number of aliphatic hydroxyl groups is 1. The Balaban J connectivity index is 1.53. The number of hydrogen-bond acceptors (Lipinski definition) is 7. The molecule has 10 heteroatoms. The van der Waals surface area contributed by atoms with Crippen LogP contribution in [0.3, 0.4) is 0 Å². The third kappa shape index (κ3) is 5.22. The Labute approximate surface area is 200 Å². The van der Waals surface area contributed by atoms with Crippen LogP contribution in [0.15, 0.2) is 35.1 Å². The highest BCUT2D eigenvalue weighted by Crippen LogP contribution is 2.34. The first kappa shape index (κ1) is 23.3. The van der Waals surface area contributed by atoms with Crippen LogP contribution < -0.4 is 15.0 Å². The summed E-state index contributed by atoms with van der Waals surface area (Å²) in [4.78, 5) is 23.6. The Morgan fingerprint density at radius 3 is 2.82 bits per heavy atom. The number of aliphatic hydroxyl groups excluding tert-OH is 1. The van der Waals surface area contributed by atoms with E-state index in [2.05, 4.69) is 26.1 Å². The Morgan fingerprint density at radius 1 is 1.33 bits per heavy atom. The van der Waals surface area contributed by atoms with Crippen LogP contribution in [-0.4, -0.2) is 57.4 Å². The lowest BCUT2D eigenvalue weighted by molar-refractivity contribution is 0.0509. The van der Waals surface area contributed by atoms with Gasteiger partial charge < -0.3 is 24.8 Å². The van der Waals surface area contributed by atoms with Gasteiger partial charge in [-0.05, 0) is 66.9 Å². The topological polar surface area (TPSA) is 101 Å². The maximum atomic E-state index is 12.1. The number of aromatic nitrogens is 3. The molecule has 0 bridgehead atoms. The van der Waals surface area contributed by atoms with Crippen molar-refractivity contribution in [2.45, 2.75) is 45.4 Å². The third-order valence-corrected chi connectivity index (χ3v) is 5.99. The fraction of sp³-hybridized carbons (Fsp3) is 0.435. The number of nitrogens with one attached hydrogen (secondary N) is 1. The molecule has 1 amide bonds. The smallest absolute Gasteiger partial charge is 0.407 e. The molecule has 1 aliphatic rings. The highest BCUT2D eigenvalue weighted by molar-refractivity contribution is 9.10. The van der Waals surface area contributed by atoms with E-state index in [1.807, 2.05) is 49.7 Å². The zero-order valence-corrected chi connectivity index (χ0v) is 20.7. The van der Waals surface area contributed by atoms with Crippen molar-refractivity contribution in [3.05, 3.63) is 40.6 Å². The summed E-state index contributed by atoms with van der Waals surface area (Å²) in [5, 5.41) is 12.8. The fourth-order valence-electron chi connectivity index (χ4n) is 3.85. The molecule has 3 heterocycles. The number of carbonyl (C=O) groups is 1. The quantitative estimate of drug-likeness (QED) is 0.531. The second-order valence-electron chi connectivity index (χ2n) is 9.00. The van der Waals surface area contributed by atoms with Crippen molar-refractivity contribution in [3.63, 3.8) is 0 Å². The molecule has 0 saturated carbocycles. The molecule has 3 aromatic rings. The summed E-state index contributed by atoms with van der Waals surface area (Å²) < 4.78 is 13.3. The number of methoxy groups -OCH3 is 1. The SMILES string of the molecule is COc1cc(CO)c(-c2cn3ccc(N4CCC(NC(=O)OC(C)(C)C)C4)nc3n2)cc1Br. The molecule has 0 aliphatic carbocycles. The number of nitrogens with zero attached hydrogens (tertiary/aromatic N) is 4. The van der Waals surface area contributed by atoms with E-state index >= 15 is 0 Å². The van der Waals surface area contributed by atoms with Gasteiger partial charge in [0.25, 0.3) is 0 Å². The van der Waals surface area contributed by atoms with Crippen molar-refractivity contribution in [1.82, 2.24) is 19.7 Å². The van der Waals surface area contributed by atoms with Crippen LogP contribution in [0.4, 0.5) is 10.6 Å². The number of carbonyl (C=O) groups excluding carboxylic acids is 1. The largest absolute Gasteiger partial charge is 0.496 e. The molecule has 0 spiro atoms. The molecule has 33 heavy (non-hydrogen) atoms. The predicted molar refractivity (Wildman–Crippen MR) is 129 cm³/mol. The maximum absolute atomic E-state index is 12.1. The van der Waals surface area contributed by atoms with Crippen molar-refractivity contribution < 1.29 is 19.4 Å². The Hall–Kier alpha value is -2.85. The normalized spacial score (nSPS) is 16.3. The minimum atomic E-state index is -0.525. The van der Waals surface area contributed by atoms with E-state index in [4.69, 9.17) is 19.4 Å². The van der Waals surface area contributed by atoms with Gasteiger partial charge >= 0.3 is 6.09 Å². The zero-order chi connectivity index (χ0) is 23.8. The molecule has 1 aromatic carbocycles. The van der Waals surface area contributed by atoms with E-state index in [0.29, 0.717) is 29.3 Å². The van der Waals surface area contributed by atoms with Gasteiger partial charge in [0.05, 0.1) is 29.9 Å². The number of fused-ring (bicyclic) bond motifs is 1.